The number of aryl methyl sites for hydroxylation is 1. The second kappa shape index (κ2) is 6.28. The van der Waals surface area contributed by atoms with E-state index in [0.29, 0.717) is 27.5 Å². The van der Waals surface area contributed by atoms with Gasteiger partial charge in [0, 0.05) is 22.5 Å². The lowest BCUT2D eigenvalue weighted by molar-refractivity contribution is 0.0593. The second-order valence-electron chi connectivity index (χ2n) is 6.48. The van der Waals surface area contributed by atoms with E-state index in [2.05, 4.69) is 4.98 Å². The van der Waals surface area contributed by atoms with Crippen molar-refractivity contribution in [3.63, 3.8) is 0 Å². The third kappa shape index (κ3) is 2.43. The standard InChI is InChI=1S/C21H16N4O3/c1-11-6-7-15-14(8-11)20(26)13-4-3-5-16(18(13)24-15)25-10-12(9-22)17(23)19(25)21(27)28-2/h3-8,10H,23H2,1-2H3,(H,24,26). The number of pyridine rings is 1. The third-order valence-electron chi connectivity index (χ3n) is 4.77. The average molecular weight is 372 g/mol. The van der Waals surface area contributed by atoms with Crippen LogP contribution in [0.2, 0.25) is 0 Å². The van der Waals surface area contributed by atoms with E-state index < -0.39 is 5.97 Å². The number of nitrogens with one attached hydrogen (secondary N) is 1. The first-order valence-electron chi connectivity index (χ1n) is 8.51. The molecule has 3 N–H and O–H groups in total. The van der Waals surface area contributed by atoms with Crippen LogP contribution in [0.1, 0.15) is 21.6 Å². The Balaban J connectivity index is 2.13. The number of H-pyrrole nitrogens is 1. The molecule has 138 valence electrons. The van der Waals surface area contributed by atoms with E-state index in [1.54, 1.807) is 18.2 Å². The van der Waals surface area contributed by atoms with Crippen molar-refractivity contribution >= 4 is 33.5 Å². The maximum absolute atomic E-state index is 13.0. The van der Waals surface area contributed by atoms with Crippen molar-refractivity contribution in [1.82, 2.24) is 9.55 Å². The Morgan fingerprint density at radius 3 is 2.75 bits per heavy atom. The number of nitrogen functional groups attached to an aromatic ring is 1. The lowest BCUT2D eigenvalue weighted by Crippen LogP contribution is -2.12. The largest absolute Gasteiger partial charge is 0.464 e. The molecule has 0 bridgehead atoms. The number of hydrogen-bond acceptors (Lipinski definition) is 5. The SMILES string of the molecule is COC(=O)c1c(N)c(C#N)cn1-c1cccc2c(=O)c3cc(C)ccc3[nH]c12. The molecule has 28 heavy (non-hydrogen) atoms. The van der Waals surface area contributed by atoms with E-state index in [1.807, 2.05) is 31.2 Å². The van der Waals surface area contributed by atoms with Crippen molar-refractivity contribution in [1.29, 1.82) is 5.26 Å². The van der Waals surface area contributed by atoms with Crippen LogP contribution >= 0.6 is 0 Å². The first kappa shape index (κ1) is 17.4. The normalized spacial score (nSPS) is 10.9. The molecule has 2 heterocycles. The van der Waals surface area contributed by atoms with E-state index in [0.717, 1.165) is 5.56 Å². The number of nitrogens with zero attached hydrogens (tertiary/aromatic N) is 2. The molecule has 0 atom stereocenters. The highest BCUT2D eigenvalue weighted by Gasteiger charge is 2.23. The van der Waals surface area contributed by atoms with Gasteiger partial charge in [-0.25, -0.2) is 4.79 Å². The van der Waals surface area contributed by atoms with Crippen molar-refractivity contribution in [3.8, 4) is 11.8 Å². The summed E-state index contributed by atoms with van der Waals surface area (Å²) in [4.78, 5) is 28.6. The predicted octanol–water partition coefficient (Wildman–Crippen LogP) is 3.02. The Labute approximate surface area is 159 Å². The van der Waals surface area contributed by atoms with E-state index in [9.17, 15) is 14.9 Å². The molecule has 4 aromatic rings. The number of aromatic amines is 1. The Bertz CT molecular complexity index is 1370. The van der Waals surface area contributed by atoms with Gasteiger partial charge in [-0.1, -0.05) is 17.7 Å². The second-order valence-corrected chi connectivity index (χ2v) is 6.48. The van der Waals surface area contributed by atoms with Crippen LogP contribution in [-0.2, 0) is 4.74 Å². The molecule has 0 radical (unpaired) electrons. The zero-order valence-electron chi connectivity index (χ0n) is 15.2. The molecule has 4 rings (SSSR count). The van der Waals surface area contributed by atoms with Gasteiger partial charge in [-0.3, -0.25) is 4.79 Å². The van der Waals surface area contributed by atoms with Gasteiger partial charge in [0.05, 0.1) is 29.6 Å². The topological polar surface area (TPSA) is 114 Å². The van der Waals surface area contributed by atoms with Crippen LogP contribution in [0.3, 0.4) is 0 Å². The van der Waals surface area contributed by atoms with Gasteiger partial charge in [-0.05, 0) is 31.2 Å². The number of nitrogens with two attached hydrogens (primary N) is 1. The van der Waals surface area contributed by atoms with Crippen LogP contribution < -0.4 is 11.2 Å². The highest BCUT2D eigenvalue weighted by Crippen LogP contribution is 2.28. The molecule has 2 aromatic heterocycles. The minimum absolute atomic E-state index is 0.0325. The van der Waals surface area contributed by atoms with Gasteiger partial charge < -0.3 is 20.0 Å². The van der Waals surface area contributed by atoms with Crippen LogP contribution in [0.15, 0.2) is 47.4 Å². The smallest absolute Gasteiger partial charge is 0.357 e. The summed E-state index contributed by atoms with van der Waals surface area (Å²) in [6, 6.07) is 12.7. The molecule has 0 unspecified atom stereocenters. The van der Waals surface area contributed by atoms with Gasteiger partial charge in [0.1, 0.15) is 6.07 Å². The number of esters is 1. The Kier molecular flexibility index (Phi) is 3.90. The number of ether oxygens (including phenoxy) is 1. The molecule has 2 aromatic carbocycles. The number of aromatic nitrogens is 2. The molecule has 0 fully saturated rings. The molecule has 0 aliphatic carbocycles. The Morgan fingerprint density at radius 2 is 2.04 bits per heavy atom. The number of hydrogen-bond donors (Lipinski definition) is 2. The van der Waals surface area contributed by atoms with Crippen molar-refractivity contribution in [2.45, 2.75) is 6.92 Å². The zero-order valence-corrected chi connectivity index (χ0v) is 15.2. The quantitative estimate of drug-likeness (QED) is 0.415. The van der Waals surface area contributed by atoms with Crippen molar-refractivity contribution in [2.75, 3.05) is 12.8 Å². The molecule has 0 amide bonds. The molecular weight excluding hydrogens is 356 g/mol. The summed E-state index contributed by atoms with van der Waals surface area (Å²) in [5.74, 6) is -0.672. The maximum atomic E-state index is 13.0. The molecule has 0 saturated heterocycles. The molecule has 0 aliphatic heterocycles. The fourth-order valence-electron chi connectivity index (χ4n) is 3.40. The number of fused-ring (bicyclic) bond motifs is 2. The first-order chi connectivity index (χ1) is 13.5. The van der Waals surface area contributed by atoms with E-state index in [1.165, 1.54) is 17.9 Å². The summed E-state index contributed by atoms with van der Waals surface area (Å²) in [5.41, 5.74) is 8.81. The first-order valence-corrected chi connectivity index (χ1v) is 8.51. The zero-order chi connectivity index (χ0) is 20.0. The van der Waals surface area contributed by atoms with Gasteiger partial charge in [-0.2, -0.15) is 5.26 Å². The van der Waals surface area contributed by atoms with Crippen LogP contribution in [0.25, 0.3) is 27.5 Å². The minimum atomic E-state index is -0.672. The number of rotatable bonds is 2. The van der Waals surface area contributed by atoms with Crippen molar-refractivity contribution in [2.24, 2.45) is 0 Å². The lowest BCUT2D eigenvalue weighted by atomic mass is 10.1. The molecule has 7 heteroatoms. The molecule has 0 saturated carbocycles. The number of nitriles is 1. The summed E-state index contributed by atoms with van der Waals surface area (Å²) in [7, 11) is 1.24. The van der Waals surface area contributed by atoms with E-state index in [-0.39, 0.29) is 22.4 Å². The van der Waals surface area contributed by atoms with Crippen LogP contribution in [0, 0.1) is 18.3 Å². The number of anilines is 1. The maximum Gasteiger partial charge on any atom is 0.357 e. The molecule has 7 nitrogen and oxygen atoms in total. The summed E-state index contributed by atoms with van der Waals surface area (Å²) in [6.07, 6.45) is 1.47. The van der Waals surface area contributed by atoms with E-state index in [4.69, 9.17) is 10.5 Å². The highest BCUT2D eigenvalue weighted by atomic mass is 16.5. The Morgan fingerprint density at radius 1 is 1.25 bits per heavy atom. The average Bonchev–Trinajstić information content (AvgIpc) is 3.04. The summed E-state index contributed by atoms with van der Waals surface area (Å²) >= 11 is 0. The number of para-hydroxylation sites is 1. The van der Waals surface area contributed by atoms with Crippen LogP contribution in [0.4, 0.5) is 5.69 Å². The summed E-state index contributed by atoms with van der Waals surface area (Å²) < 4.78 is 6.32. The van der Waals surface area contributed by atoms with Crippen molar-refractivity contribution in [3.05, 3.63) is 69.6 Å². The van der Waals surface area contributed by atoms with Gasteiger partial charge in [0.25, 0.3) is 0 Å². The number of methoxy groups -OCH3 is 1. The molecular formula is C21H16N4O3. The predicted molar refractivity (Wildman–Crippen MR) is 107 cm³/mol. The van der Waals surface area contributed by atoms with Gasteiger partial charge in [-0.15, -0.1) is 0 Å². The molecule has 0 aliphatic rings. The minimum Gasteiger partial charge on any atom is -0.464 e. The van der Waals surface area contributed by atoms with Gasteiger partial charge in [0.15, 0.2) is 11.1 Å². The fraction of sp³-hybridized carbons (Fsp3) is 0.0952. The summed E-state index contributed by atoms with van der Waals surface area (Å²) in [6.45, 7) is 1.92. The monoisotopic (exact) mass is 372 g/mol. The lowest BCUT2D eigenvalue weighted by Gasteiger charge is -2.12. The third-order valence-corrected chi connectivity index (χ3v) is 4.77. The molecule has 0 spiro atoms. The van der Waals surface area contributed by atoms with Crippen molar-refractivity contribution < 1.29 is 9.53 Å². The fourth-order valence-corrected chi connectivity index (χ4v) is 3.40. The number of carbonyl (C=O) groups excluding carboxylic acids is 1. The Hall–Kier alpha value is -4.05. The van der Waals surface area contributed by atoms with Gasteiger partial charge >= 0.3 is 5.97 Å². The summed E-state index contributed by atoms with van der Waals surface area (Å²) in [5, 5.41) is 10.4. The van der Waals surface area contributed by atoms with Crippen LogP contribution in [-0.4, -0.2) is 22.6 Å². The van der Waals surface area contributed by atoms with Crippen LogP contribution in [0.5, 0.6) is 0 Å². The van der Waals surface area contributed by atoms with E-state index >= 15 is 0 Å². The van der Waals surface area contributed by atoms with Gasteiger partial charge in [0.2, 0.25) is 0 Å². The number of carbonyl (C=O) groups is 1. The highest BCUT2D eigenvalue weighted by molar-refractivity contribution is 5.99. The number of benzene rings is 2.